The Morgan fingerprint density at radius 2 is 2.19 bits per heavy atom. The number of ketones is 1. The van der Waals surface area contributed by atoms with Gasteiger partial charge in [-0.25, -0.2) is 0 Å². The third-order valence-corrected chi connectivity index (χ3v) is 4.41. The Morgan fingerprint density at radius 1 is 1.44 bits per heavy atom. The van der Waals surface area contributed by atoms with Crippen molar-refractivity contribution >= 4 is 17.1 Å². The lowest BCUT2D eigenvalue weighted by molar-refractivity contribution is 0.0904. The Kier molecular flexibility index (Phi) is 3.17. The summed E-state index contributed by atoms with van der Waals surface area (Å²) >= 11 is 1.63. The van der Waals surface area contributed by atoms with E-state index in [4.69, 9.17) is 4.74 Å². The molecule has 0 aromatic carbocycles. The number of rotatable bonds is 2. The van der Waals surface area contributed by atoms with Crippen molar-refractivity contribution in [2.24, 2.45) is 5.92 Å². The van der Waals surface area contributed by atoms with Gasteiger partial charge in [-0.2, -0.15) is 0 Å². The van der Waals surface area contributed by atoms with E-state index >= 15 is 0 Å². The molecule has 0 radical (unpaired) electrons. The number of thiophene rings is 1. The molecule has 88 valence electrons. The summed E-state index contributed by atoms with van der Waals surface area (Å²) in [5, 5.41) is 0. The van der Waals surface area contributed by atoms with Crippen LogP contribution in [0.25, 0.3) is 0 Å². The Morgan fingerprint density at radius 3 is 2.69 bits per heavy atom. The highest BCUT2D eigenvalue weighted by molar-refractivity contribution is 7.14. The van der Waals surface area contributed by atoms with Crippen LogP contribution in [0.1, 0.15) is 41.7 Å². The van der Waals surface area contributed by atoms with Crippen LogP contribution in [0, 0.1) is 5.92 Å². The molecule has 1 atom stereocenters. The zero-order valence-corrected chi connectivity index (χ0v) is 10.9. The fourth-order valence-corrected chi connectivity index (χ4v) is 2.90. The minimum absolute atomic E-state index is 0.0893. The Bertz CT molecular complexity index is 381. The standard InChI is InChI=1S/C13H18O2S/c1-13(2,3)11-5-4-10(16-11)12(14)9-6-7-15-8-9/h4-5,9H,6-8H2,1-3H3. The number of ether oxygens (including phenoxy) is 1. The number of hydrogen-bond acceptors (Lipinski definition) is 3. The third kappa shape index (κ3) is 2.36. The van der Waals surface area contributed by atoms with E-state index < -0.39 is 0 Å². The fraction of sp³-hybridized carbons (Fsp3) is 0.615. The summed E-state index contributed by atoms with van der Waals surface area (Å²) < 4.78 is 5.26. The molecule has 16 heavy (non-hydrogen) atoms. The Hall–Kier alpha value is -0.670. The molecule has 2 rings (SSSR count). The Labute approximate surface area is 101 Å². The van der Waals surface area contributed by atoms with E-state index in [1.54, 1.807) is 11.3 Å². The number of carbonyl (C=O) groups excluding carboxylic acids is 1. The van der Waals surface area contributed by atoms with Crippen molar-refractivity contribution in [1.82, 2.24) is 0 Å². The van der Waals surface area contributed by atoms with E-state index in [0.717, 1.165) is 17.9 Å². The first-order valence-electron chi connectivity index (χ1n) is 5.71. The lowest BCUT2D eigenvalue weighted by Gasteiger charge is -2.15. The van der Waals surface area contributed by atoms with Crippen molar-refractivity contribution in [3.8, 4) is 0 Å². The summed E-state index contributed by atoms with van der Waals surface area (Å²) in [5.41, 5.74) is 0.134. The van der Waals surface area contributed by atoms with Gasteiger partial charge in [-0.1, -0.05) is 20.8 Å². The molecule has 2 nitrogen and oxygen atoms in total. The topological polar surface area (TPSA) is 26.3 Å². The van der Waals surface area contributed by atoms with Crippen LogP contribution < -0.4 is 0 Å². The van der Waals surface area contributed by atoms with Crippen LogP contribution in [0.2, 0.25) is 0 Å². The first-order chi connectivity index (χ1) is 7.48. The van der Waals surface area contributed by atoms with Crippen LogP contribution in [0.3, 0.4) is 0 Å². The van der Waals surface area contributed by atoms with Crippen LogP contribution in [0.4, 0.5) is 0 Å². The normalized spacial score (nSPS) is 21.3. The molecule has 1 saturated heterocycles. The van der Waals surface area contributed by atoms with Gasteiger partial charge in [0.25, 0.3) is 0 Å². The highest BCUT2D eigenvalue weighted by Gasteiger charge is 2.26. The summed E-state index contributed by atoms with van der Waals surface area (Å²) in [5.74, 6) is 0.351. The van der Waals surface area contributed by atoms with Gasteiger partial charge >= 0.3 is 0 Å². The zero-order chi connectivity index (χ0) is 11.8. The molecule has 1 unspecified atom stereocenters. The van der Waals surface area contributed by atoms with Crippen LogP contribution >= 0.6 is 11.3 Å². The van der Waals surface area contributed by atoms with Gasteiger partial charge in [-0.3, -0.25) is 4.79 Å². The molecule has 0 aliphatic carbocycles. The average Bonchev–Trinajstić information content (AvgIpc) is 2.87. The Balaban J connectivity index is 2.15. The van der Waals surface area contributed by atoms with E-state index in [2.05, 4.69) is 26.8 Å². The van der Waals surface area contributed by atoms with Crippen LogP contribution in [0.5, 0.6) is 0 Å². The molecular formula is C13H18O2S. The van der Waals surface area contributed by atoms with Gasteiger partial charge in [-0.05, 0) is 24.0 Å². The minimum atomic E-state index is 0.0893. The monoisotopic (exact) mass is 238 g/mol. The van der Waals surface area contributed by atoms with E-state index in [1.165, 1.54) is 4.88 Å². The minimum Gasteiger partial charge on any atom is -0.381 e. The zero-order valence-electron chi connectivity index (χ0n) is 10.1. The fourth-order valence-electron chi connectivity index (χ4n) is 1.82. The lowest BCUT2D eigenvalue weighted by Crippen LogP contribution is -2.13. The highest BCUT2D eigenvalue weighted by atomic mass is 32.1. The molecule has 1 aromatic heterocycles. The quantitative estimate of drug-likeness (QED) is 0.739. The van der Waals surface area contributed by atoms with Gasteiger partial charge in [0, 0.05) is 17.4 Å². The molecule has 0 spiro atoms. The van der Waals surface area contributed by atoms with E-state index in [-0.39, 0.29) is 17.1 Å². The second kappa shape index (κ2) is 4.30. The largest absolute Gasteiger partial charge is 0.381 e. The maximum atomic E-state index is 12.1. The molecule has 0 saturated carbocycles. The molecule has 1 aliphatic heterocycles. The van der Waals surface area contributed by atoms with Crippen molar-refractivity contribution in [2.75, 3.05) is 13.2 Å². The van der Waals surface area contributed by atoms with Crippen LogP contribution in [-0.2, 0) is 10.2 Å². The summed E-state index contributed by atoms with van der Waals surface area (Å²) in [6.45, 7) is 7.85. The summed E-state index contributed by atoms with van der Waals surface area (Å²) in [4.78, 5) is 14.3. The van der Waals surface area contributed by atoms with Crippen molar-refractivity contribution in [3.05, 3.63) is 21.9 Å². The van der Waals surface area contributed by atoms with Crippen LogP contribution in [0.15, 0.2) is 12.1 Å². The number of hydrogen-bond donors (Lipinski definition) is 0. The first kappa shape index (κ1) is 11.8. The maximum absolute atomic E-state index is 12.1. The van der Waals surface area contributed by atoms with E-state index in [0.29, 0.717) is 6.61 Å². The molecule has 2 heterocycles. The molecule has 0 N–H and O–H groups in total. The SMILES string of the molecule is CC(C)(C)c1ccc(C(=O)C2CCOC2)s1. The molecule has 0 bridgehead atoms. The average molecular weight is 238 g/mol. The van der Waals surface area contributed by atoms with Gasteiger partial charge in [0.1, 0.15) is 0 Å². The van der Waals surface area contributed by atoms with Gasteiger partial charge < -0.3 is 4.74 Å². The van der Waals surface area contributed by atoms with Crippen molar-refractivity contribution < 1.29 is 9.53 Å². The number of Topliss-reactive ketones (excluding diaryl/α,β-unsaturated/α-hetero) is 1. The predicted octanol–water partition coefficient (Wildman–Crippen LogP) is 3.26. The second-order valence-corrected chi connectivity index (χ2v) is 6.42. The van der Waals surface area contributed by atoms with Crippen molar-refractivity contribution in [3.63, 3.8) is 0 Å². The molecule has 1 aromatic rings. The molecule has 3 heteroatoms. The molecular weight excluding hydrogens is 220 g/mol. The van der Waals surface area contributed by atoms with Crippen molar-refractivity contribution in [1.29, 1.82) is 0 Å². The van der Waals surface area contributed by atoms with Gasteiger partial charge in [0.15, 0.2) is 5.78 Å². The molecule has 0 amide bonds. The molecule has 1 aliphatic rings. The summed E-state index contributed by atoms with van der Waals surface area (Å²) in [6.07, 6.45) is 0.877. The van der Waals surface area contributed by atoms with Crippen LogP contribution in [-0.4, -0.2) is 19.0 Å². The lowest BCUT2D eigenvalue weighted by atomic mass is 9.95. The number of carbonyl (C=O) groups is 1. The molecule has 1 fully saturated rings. The third-order valence-electron chi connectivity index (χ3n) is 2.89. The van der Waals surface area contributed by atoms with E-state index in [9.17, 15) is 4.79 Å². The highest BCUT2D eigenvalue weighted by Crippen LogP contribution is 2.31. The van der Waals surface area contributed by atoms with E-state index in [1.807, 2.05) is 6.07 Å². The maximum Gasteiger partial charge on any atom is 0.178 e. The predicted molar refractivity (Wildman–Crippen MR) is 66.3 cm³/mol. The van der Waals surface area contributed by atoms with Gasteiger partial charge in [0.2, 0.25) is 0 Å². The van der Waals surface area contributed by atoms with Crippen molar-refractivity contribution in [2.45, 2.75) is 32.6 Å². The first-order valence-corrected chi connectivity index (χ1v) is 6.52. The van der Waals surface area contributed by atoms with Gasteiger partial charge in [0.05, 0.1) is 11.5 Å². The smallest absolute Gasteiger partial charge is 0.178 e. The van der Waals surface area contributed by atoms with Gasteiger partial charge in [-0.15, -0.1) is 11.3 Å². The summed E-state index contributed by atoms with van der Waals surface area (Å²) in [6, 6.07) is 4.04. The summed E-state index contributed by atoms with van der Waals surface area (Å²) in [7, 11) is 0. The second-order valence-electron chi connectivity index (χ2n) is 5.34.